The summed E-state index contributed by atoms with van der Waals surface area (Å²) in [7, 11) is 0. The molecule has 0 radical (unpaired) electrons. The number of hydrogen-bond acceptors (Lipinski definition) is 2. The third kappa shape index (κ3) is 6.91. The Balaban J connectivity index is 1.42. The first-order valence-electron chi connectivity index (χ1n) is 11.3. The molecule has 0 spiro atoms. The van der Waals surface area contributed by atoms with Crippen molar-refractivity contribution in [3.63, 3.8) is 0 Å². The van der Waals surface area contributed by atoms with Gasteiger partial charge in [0.2, 0.25) is 0 Å². The molecule has 2 aliphatic rings. The van der Waals surface area contributed by atoms with Gasteiger partial charge in [-0.3, -0.25) is 0 Å². The van der Waals surface area contributed by atoms with Crippen molar-refractivity contribution in [2.24, 2.45) is 11.8 Å². The second-order valence-corrected chi connectivity index (χ2v) is 9.33. The molecule has 1 N–H and O–H groups in total. The Bertz CT molecular complexity index is 610. The van der Waals surface area contributed by atoms with Gasteiger partial charge in [0.25, 0.3) is 0 Å². The first-order chi connectivity index (χ1) is 13.8. The molecule has 0 amide bonds. The Morgan fingerprint density at radius 1 is 0.931 bits per heavy atom. The third-order valence-corrected chi connectivity index (χ3v) is 7.18. The van der Waals surface area contributed by atoms with Crippen molar-refractivity contribution in [1.29, 1.82) is 0 Å². The van der Waals surface area contributed by atoms with Crippen LogP contribution >= 0.6 is 0 Å². The molecule has 164 valence electrons. The zero-order valence-corrected chi connectivity index (χ0v) is 17.5. The normalized spacial score (nSPS) is 30.9. The lowest BCUT2D eigenvalue weighted by atomic mass is 9.72. The number of halogens is 3. The van der Waals surface area contributed by atoms with E-state index in [1.807, 2.05) is 0 Å². The van der Waals surface area contributed by atoms with Crippen molar-refractivity contribution in [3.8, 4) is 5.75 Å². The molecule has 2 fully saturated rings. The molecule has 3 rings (SSSR count). The molecule has 29 heavy (non-hydrogen) atoms. The number of hydrogen-bond donors (Lipinski definition) is 1. The minimum Gasteiger partial charge on any atom is -0.406 e. The molecule has 0 heterocycles. The summed E-state index contributed by atoms with van der Waals surface area (Å²) in [6.45, 7) is 2.27. The average Bonchev–Trinajstić information content (AvgIpc) is 2.68. The van der Waals surface area contributed by atoms with E-state index in [2.05, 4.69) is 11.7 Å². The lowest BCUT2D eigenvalue weighted by Gasteiger charge is -2.38. The van der Waals surface area contributed by atoms with Crippen LogP contribution in [0.5, 0.6) is 5.75 Å². The number of alkyl halides is 3. The highest BCUT2D eigenvalue weighted by Crippen LogP contribution is 2.42. The molecule has 0 aliphatic heterocycles. The number of ether oxygens (including phenoxy) is 1. The maximum atomic E-state index is 12.3. The fourth-order valence-electron chi connectivity index (χ4n) is 5.37. The van der Waals surface area contributed by atoms with E-state index in [1.54, 1.807) is 12.1 Å². The molecule has 2 nitrogen and oxygen atoms in total. The van der Waals surface area contributed by atoms with Gasteiger partial charge >= 0.3 is 6.36 Å². The maximum Gasteiger partial charge on any atom is 0.573 e. The summed E-state index contributed by atoms with van der Waals surface area (Å²) >= 11 is 0. The van der Waals surface area contributed by atoms with Gasteiger partial charge in [-0.15, -0.1) is 13.2 Å². The molecule has 2 aliphatic carbocycles. The van der Waals surface area contributed by atoms with Crippen LogP contribution in [0.2, 0.25) is 0 Å². The first kappa shape index (κ1) is 22.5. The van der Waals surface area contributed by atoms with Crippen molar-refractivity contribution in [2.75, 3.05) is 0 Å². The lowest BCUT2D eigenvalue weighted by molar-refractivity contribution is -0.274. The van der Waals surface area contributed by atoms with E-state index in [0.29, 0.717) is 5.92 Å². The highest BCUT2D eigenvalue weighted by Gasteiger charge is 2.35. The van der Waals surface area contributed by atoms with E-state index in [4.69, 9.17) is 0 Å². The van der Waals surface area contributed by atoms with Gasteiger partial charge in [0, 0.05) is 0 Å². The van der Waals surface area contributed by atoms with E-state index < -0.39 is 12.0 Å². The average molecular weight is 413 g/mol. The van der Waals surface area contributed by atoms with Gasteiger partial charge in [-0.1, -0.05) is 57.6 Å². The van der Waals surface area contributed by atoms with Crippen molar-refractivity contribution in [1.82, 2.24) is 0 Å². The molecule has 1 aromatic rings. The van der Waals surface area contributed by atoms with E-state index in [1.165, 1.54) is 50.7 Å². The van der Waals surface area contributed by atoms with Crippen LogP contribution in [0, 0.1) is 11.8 Å². The van der Waals surface area contributed by atoms with E-state index in [9.17, 15) is 18.3 Å². The van der Waals surface area contributed by atoms with Gasteiger partial charge in [0.1, 0.15) is 5.75 Å². The summed E-state index contributed by atoms with van der Waals surface area (Å²) in [5.74, 6) is 1.82. The second kappa shape index (κ2) is 9.72. The van der Waals surface area contributed by atoms with Crippen LogP contribution in [-0.2, 0) is 0 Å². The molecule has 5 heteroatoms. The zero-order chi connectivity index (χ0) is 20.9. The molecule has 0 saturated heterocycles. The van der Waals surface area contributed by atoms with Gasteiger partial charge < -0.3 is 9.84 Å². The Morgan fingerprint density at radius 3 is 2.00 bits per heavy atom. The van der Waals surface area contributed by atoms with Crippen LogP contribution in [0.1, 0.15) is 95.5 Å². The number of benzene rings is 1. The van der Waals surface area contributed by atoms with Gasteiger partial charge in [0.15, 0.2) is 0 Å². The Hall–Kier alpha value is -1.23. The van der Waals surface area contributed by atoms with Gasteiger partial charge in [0.05, 0.1) is 5.60 Å². The van der Waals surface area contributed by atoms with Crippen molar-refractivity contribution < 1.29 is 23.0 Å². The van der Waals surface area contributed by atoms with Crippen LogP contribution in [0.4, 0.5) is 13.2 Å². The van der Waals surface area contributed by atoms with Crippen molar-refractivity contribution >= 4 is 0 Å². The van der Waals surface area contributed by atoms with Crippen molar-refractivity contribution in [2.45, 2.75) is 102 Å². The predicted octanol–water partition coefficient (Wildman–Crippen LogP) is 7.36. The van der Waals surface area contributed by atoms with Crippen molar-refractivity contribution in [3.05, 3.63) is 29.8 Å². The number of aliphatic hydroxyl groups is 1. The standard InChI is InChI=1S/C24H35F3O2/c1-2-3-18-4-6-19(7-5-18)12-15-23(28)16-13-21(14-17-23)20-8-10-22(11-9-20)29-24(25,26)27/h8-11,18-19,21,28H,2-7,12-17H2,1H3. The predicted molar refractivity (Wildman–Crippen MR) is 109 cm³/mol. The summed E-state index contributed by atoms with van der Waals surface area (Å²) in [4.78, 5) is 0. The van der Waals surface area contributed by atoms with Crippen LogP contribution in [0.25, 0.3) is 0 Å². The minimum atomic E-state index is -4.65. The van der Waals surface area contributed by atoms with Crippen LogP contribution in [0.3, 0.4) is 0 Å². The molecule has 0 aromatic heterocycles. The molecular formula is C24H35F3O2. The van der Waals surface area contributed by atoms with Crippen LogP contribution < -0.4 is 4.74 Å². The van der Waals surface area contributed by atoms with Gasteiger partial charge in [-0.25, -0.2) is 0 Å². The molecule has 1 aromatic carbocycles. The topological polar surface area (TPSA) is 29.5 Å². The lowest BCUT2D eigenvalue weighted by Crippen LogP contribution is -2.34. The SMILES string of the molecule is CCCC1CCC(CCC2(O)CCC(c3ccc(OC(F)(F)F)cc3)CC2)CC1. The summed E-state index contributed by atoms with van der Waals surface area (Å²) < 4.78 is 40.8. The zero-order valence-electron chi connectivity index (χ0n) is 17.5. The highest BCUT2D eigenvalue weighted by atomic mass is 19.4. The Kier molecular flexibility index (Phi) is 7.53. The summed E-state index contributed by atoms with van der Waals surface area (Å²) in [6, 6.07) is 6.23. The molecular weight excluding hydrogens is 377 g/mol. The van der Waals surface area contributed by atoms with Crippen LogP contribution in [-0.4, -0.2) is 17.1 Å². The fraction of sp³-hybridized carbons (Fsp3) is 0.750. The van der Waals surface area contributed by atoms with E-state index in [0.717, 1.165) is 55.9 Å². The summed E-state index contributed by atoms with van der Waals surface area (Å²) in [5, 5.41) is 11.0. The largest absolute Gasteiger partial charge is 0.573 e. The summed E-state index contributed by atoms with van der Waals surface area (Å²) in [5.41, 5.74) is 0.478. The third-order valence-electron chi connectivity index (χ3n) is 7.18. The minimum absolute atomic E-state index is 0.178. The quantitative estimate of drug-likeness (QED) is 0.507. The Morgan fingerprint density at radius 2 is 1.48 bits per heavy atom. The number of rotatable bonds is 7. The molecule has 0 bridgehead atoms. The maximum absolute atomic E-state index is 12.3. The monoisotopic (exact) mass is 412 g/mol. The van der Waals surface area contributed by atoms with Crippen LogP contribution in [0.15, 0.2) is 24.3 Å². The van der Waals surface area contributed by atoms with E-state index in [-0.39, 0.29) is 5.75 Å². The molecule has 2 saturated carbocycles. The molecule has 0 unspecified atom stereocenters. The summed E-state index contributed by atoms with van der Waals surface area (Å²) in [6.07, 6.45) is 8.69. The first-order valence-corrected chi connectivity index (χ1v) is 11.3. The smallest absolute Gasteiger partial charge is 0.406 e. The highest BCUT2D eigenvalue weighted by molar-refractivity contribution is 5.30. The Labute approximate surface area is 172 Å². The van der Waals surface area contributed by atoms with Gasteiger partial charge in [-0.2, -0.15) is 0 Å². The fourth-order valence-corrected chi connectivity index (χ4v) is 5.37. The van der Waals surface area contributed by atoms with E-state index >= 15 is 0 Å². The second-order valence-electron chi connectivity index (χ2n) is 9.33. The molecule has 0 atom stereocenters. The van der Waals surface area contributed by atoms with Gasteiger partial charge in [-0.05, 0) is 74.0 Å².